The number of hydrogen-bond acceptors (Lipinski definition) is 4. The Morgan fingerprint density at radius 1 is 1.43 bits per heavy atom. The van der Waals surface area contributed by atoms with Crippen molar-refractivity contribution in [3.63, 3.8) is 0 Å². The second kappa shape index (κ2) is 5.36. The Bertz CT molecular complexity index is 382. The lowest BCUT2D eigenvalue weighted by molar-refractivity contribution is 0.291. The highest BCUT2D eigenvalue weighted by atomic mass is 16.3. The minimum atomic E-state index is -0.414. The predicted molar refractivity (Wildman–Crippen MR) is 51.3 cm³/mol. The Balaban J connectivity index is 2.51. The van der Waals surface area contributed by atoms with E-state index in [9.17, 15) is 9.59 Å². The number of aromatic nitrogens is 2. The topological polar surface area (TPSA) is 87.1 Å². The fraction of sp³-hybridized carbons (Fsp3) is 0.500. The molecule has 0 aromatic carbocycles. The van der Waals surface area contributed by atoms with Gasteiger partial charge in [0.2, 0.25) is 0 Å². The molecule has 0 fully saturated rings. The van der Waals surface area contributed by atoms with Crippen molar-refractivity contribution >= 4 is 0 Å². The molecule has 78 valence electrons. The maximum absolute atomic E-state index is 11.1. The van der Waals surface area contributed by atoms with Gasteiger partial charge in [-0.1, -0.05) is 0 Å². The van der Waals surface area contributed by atoms with Gasteiger partial charge in [-0.25, -0.2) is 4.79 Å². The van der Waals surface area contributed by atoms with Crippen LogP contribution in [0.1, 0.15) is 0 Å². The summed E-state index contributed by atoms with van der Waals surface area (Å²) < 4.78 is 1.39. The molecule has 14 heavy (non-hydrogen) atoms. The van der Waals surface area contributed by atoms with E-state index in [-0.39, 0.29) is 6.61 Å². The summed E-state index contributed by atoms with van der Waals surface area (Å²) in [5.41, 5.74) is -0.808. The summed E-state index contributed by atoms with van der Waals surface area (Å²) in [7, 11) is 0. The molecule has 1 aromatic rings. The van der Waals surface area contributed by atoms with Crippen molar-refractivity contribution in [2.24, 2.45) is 0 Å². The van der Waals surface area contributed by atoms with E-state index in [1.807, 2.05) is 0 Å². The molecule has 0 radical (unpaired) electrons. The molecule has 0 spiro atoms. The third kappa shape index (κ3) is 3.15. The van der Waals surface area contributed by atoms with Gasteiger partial charge in [0.1, 0.15) is 0 Å². The smallest absolute Gasteiger partial charge is 0.328 e. The highest BCUT2D eigenvalue weighted by Gasteiger charge is 1.94. The van der Waals surface area contributed by atoms with E-state index in [2.05, 4.69) is 10.3 Å². The number of aliphatic hydroxyl groups excluding tert-OH is 1. The van der Waals surface area contributed by atoms with E-state index in [4.69, 9.17) is 5.11 Å². The molecule has 6 nitrogen and oxygen atoms in total. The fourth-order valence-electron chi connectivity index (χ4n) is 1.02. The summed E-state index contributed by atoms with van der Waals surface area (Å²) in [6.45, 7) is 1.61. The first-order valence-electron chi connectivity index (χ1n) is 4.35. The van der Waals surface area contributed by atoms with Gasteiger partial charge in [-0.15, -0.1) is 0 Å². The van der Waals surface area contributed by atoms with Gasteiger partial charge in [0.15, 0.2) is 0 Å². The van der Waals surface area contributed by atoms with E-state index in [1.165, 1.54) is 16.8 Å². The lowest BCUT2D eigenvalue weighted by Crippen LogP contribution is -2.32. The number of aliphatic hydroxyl groups is 1. The molecule has 0 unspecified atom stereocenters. The fourth-order valence-corrected chi connectivity index (χ4v) is 1.02. The molecule has 0 aliphatic heterocycles. The summed E-state index contributed by atoms with van der Waals surface area (Å²) in [4.78, 5) is 24.0. The van der Waals surface area contributed by atoms with Crippen molar-refractivity contribution in [2.45, 2.75) is 6.54 Å². The Hall–Kier alpha value is -1.40. The molecule has 0 saturated heterocycles. The minimum absolute atomic E-state index is 0.0700. The van der Waals surface area contributed by atoms with Crippen LogP contribution in [0, 0.1) is 0 Å². The Kier molecular flexibility index (Phi) is 4.09. The summed E-state index contributed by atoms with van der Waals surface area (Å²) in [5, 5.41) is 11.4. The maximum atomic E-state index is 11.1. The standard InChI is InChI=1S/C8H13N3O3/c12-6-3-9-2-5-11-4-1-7(13)10-8(11)14/h1,4,9,12H,2-3,5-6H2,(H,10,13,14). The second-order valence-corrected chi connectivity index (χ2v) is 2.78. The summed E-state index contributed by atoms with van der Waals surface area (Å²) in [6.07, 6.45) is 1.45. The Morgan fingerprint density at radius 3 is 2.86 bits per heavy atom. The lowest BCUT2D eigenvalue weighted by atomic mass is 10.5. The van der Waals surface area contributed by atoms with Gasteiger partial charge in [-0.2, -0.15) is 0 Å². The molecule has 1 aromatic heterocycles. The number of aromatic amines is 1. The van der Waals surface area contributed by atoms with Gasteiger partial charge in [0.25, 0.3) is 5.56 Å². The number of rotatable bonds is 5. The van der Waals surface area contributed by atoms with Crippen LogP contribution < -0.4 is 16.6 Å². The number of H-pyrrole nitrogens is 1. The normalized spacial score (nSPS) is 10.4. The van der Waals surface area contributed by atoms with Crippen molar-refractivity contribution in [1.29, 1.82) is 0 Å². The van der Waals surface area contributed by atoms with E-state index in [0.717, 1.165) is 0 Å². The van der Waals surface area contributed by atoms with Gasteiger partial charge >= 0.3 is 5.69 Å². The first kappa shape index (κ1) is 10.7. The first-order valence-corrected chi connectivity index (χ1v) is 4.35. The van der Waals surface area contributed by atoms with Crippen LogP contribution in [0.3, 0.4) is 0 Å². The molecule has 1 rings (SSSR count). The third-order valence-electron chi connectivity index (χ3n) is 1.71. The average Bonchev–Trinajstić information content (AvgIpc) is 2.15. The Morgan fingerprint density at radius 2 is 2.21 bits per heavy atom. The van der Waals surface area contributed by atoms with Crippen LogP contribution in [0.2, 0.25) is 0 Å². The largest absolute Gasteiger partial charge is 0.395 e. The molecule has 1 heterocycles. The first-order chi connectivity index (χ1) is 6.74. The van der Waals surface area contributed by atoms with Crippen molar-refractivity contribution in [3.05, 3.63) is 33.1 Å². The highest BCUT2D eigenvalue weighted by molar-refractivity contribution is 4.82. The Labute approximate surface area is 80.2 Å². The maximum Gasteiger partial charge on any atom is 0.328 e. The summed E-state index contributed by atoms with van der Waals surface area (Å²) in [5.74, 6) is 0. The van der Waals surface area contributed by atoms with Gasteiger partial charge in [-0.05, 0) is 0 Å². The van der Waals surface area contributed by atoms with Crippen LogP contribution in [0.15, 0.2) is 21.9 Å². The van der Waals surface area contributed by atoms with Gasteiger partial charge < -0.3 is 10.4 Å². The van der Waals surface area contributed by atoms with Crippen molar-refractivity contribution in [2.75, 3.05) is 19.7 Å². The second-order valence-electron chi connectivity index (χ2n) is 2.78. The molecule has 6 heteroatoms. The van der Waals surface area contributed by atoms with E-state index in [1.54, 1.807) is 0 Å². The van der Waals surface area contributed by atoms with Crippen LogP contribution in [0.4, 0.5) is 0 Å². The van der Waals surface area contributed by atoms with E-state index in [0.29, 0.717) is 19.6 Å². The number of nitrogens with one attached hydrogen (secondary N) is 2. The SMILES string of the molecule is O=c1ccn(CCNCCO)c(=O)[nH]1. The molecule has 0 aliphatic carbocycles. The summed E-state index contributed by atoms with van der Waals surface area (Å²) >= 11 is 0. The van der Waals surface area contributed by atoms with Crippen LogP contribution >= 0.6 is 0 Å². The monoisotopic (exact) mass is 199 g/mol. The van der Waals surface area contributed by atoms with Crippen molar-refractivity contribution in [1.82, 2.24) is 14.9 Å². The summed E-state index contributed by atoms with van der Waals surface area (Å²) in [6, 6.07) is 1.30. The number of hydrogen-bond donors (Lipinski definition) is 3. The van der Waals surface area contributed by atoms with Gasteiger partial charge in [0, 0.05) is 31.9 Å². The quantitative estimate of drug-likeness (QED) is 0.484. The highest BCUT2D eigenvalue weighted by Crippen LogP contribution is 1.74. The number of nitrogens with zero attached hydrogens (tertiary/aromatic N) is 1. The molecular formula is C8H13N3O3. The zero-order valence-corrected chi connectivity index (χ0v) is 7.69. The zero-order chi connectivity index (χ0) is 10.4. The minimum Gasteiger partial charge on any atom is -0.395 e. The average molecular weight is 199 g/mol. The molecular weight excluding hydrogens is 186 g/mol. The van der Waals surface area contributed by atoms with Gasteiger partial charge in [-0.3, -0.25) is 14.3 Å². The molecule has 3 N–H and O–H groups in total. The predicted octanol–water partition coefficient (Wildman–Crippen LogP) is -1.88. The molecule has 0 amide bonds. The van der Waals surface area contributed by atoms with Gasteiger partial charge in [0.05, 0.1) is 6.61 Å². The van der Waals surface area contributed by atoms with E-state index >= 15 is 0 Å². The van der Waals surface area contributed by atoms with Crippen LogP contribution in [0.5, 0.6) is 0 Å². The molecule has 0 atom stereocenters. The molecule has 0 aliphatic rings. The van der Waals surface area contributed by atoms with Crippen LogP contribution in [0.25, 0.3) is 0 Å². The van der Waals surface area contributed by atoms with Crippen LogP contribution in [-0.4, -0.2) is 34.4 Å². The third-order valence-corrected chi connectivity index (χ3v) is 1.71. The van der Waals surface area contributed by atoms with Crippen molar-refractivity contribution in [3.8, 4) is 0 Å². The zero-order valence-electron chi connectivity index (χ0n) is 7.69. The van der Waals surface area contributed by atoms with Crippen LogP contribution in [-0.2, 0) is 6.54 Å². The molecule has 0 bridgehead atoms. The lowest BCUT2D eigenvalue weighted by Gasteiger charge is -2.04. The molecule has 0 saturated carbocycles. The van der Waals surface area contributed by atoms with E-state index < -0.39 is 11.2 Å². The van der Waals surface area contributed by atoms with Crippen molar-refractivity contribution < 1.29 is 5.11 Å².